The van der Waals surface area contributed by atoms with E-state index in [4.69, 9.17) is 11.6 Å². The van der Waals surface area contributed by atoms with E-state index in [1.807, 2.05) is 0 Å². The summed E-state index contributed by atoms with van der Waals surface area (Å²) in [4.78, 5) is 4.15. The van der Waals surface area contributed by atoms with Crippen LogP contribution in [0.3, 0.4) is 0 Å². The van der Waals surface area contributed by atoms with Gasteiger partial charge in [-0.3, -0.25) is 5.43 Å². The molecule has 5 heteroatoms. The van der Waals surface area contributed by atoms with E-state index in [-0.39, 0.29) is 18.6 Å². The highest BCUT2D eigenvalue weighted by molar-refractivity contribution is 5.77. The van der Waals surface area contributed by atoms with Crippen LogP contribution < -0.4 is 17.0 Å². The van der Waals surface area contributed by atoms with Crippen molar-refractivity contribution < 1.29 is 5.11 Å². The molecule has 1 aliphatic carbocycles. The summed E-state index contributed by atoms with van der Waals surface area (Å²) >= 11 is 0. The second-order valence-electron chi connectivity index (χ2n) is 3.81. The van der Waals surface area contributed by atoms with Crippen molar-refractivity contribution in [1.82, 2.24) is 5.43 Å². The number of hydrogen-bond acceptors (Lipinski definition) is 3. The van der Waals surface area contributed by atoms with Crippen LogP contribution in [0.15, 0.2) is 4.99 Å². The Balaban J connectivity index is 2.51. The fourth-order valence-corrected chi connectivity index (χ4v) is 2.03. The number of guanidine groups is 1. The Morgan fingerprint density at radius 2 is 2.07 bits per heavy atom. The molecule has 0 radical (unpaired) electrons. The van der Waals surface area contributed by atoms with Gasteiger partial charge >= 0.3 is 0 Å². The van der Waals surface area contributed by atoms with Crippen LogP contribution in [0.4, 0.5) is 0 Å². The molecule has 1 fully saturated rings. The van der Waals surface area contributed by atoms with Gasteiger partial charge in [0, 0.05) is 0 Å². The summed E-state index contributed by atoms with van der Waals surface area (Å²) in [5, 5.41) is 9.19. The van der Waals surface area contributed by atoms with Crippen LogP contribution in [0.25, 0.3) is 0 Å². The number of nitrogens with one attached hydrogen (secondary N) is 1. The molecule has 1 unspecified atom stereocenters. The third-order valence-electron chi connectivity index (χ3n) is 2.83. The van der Waals surface area contributed by atoms with Gasteiger partial charge in [-0.15, -0.1) is 0 Å². The molecule has 0 bridgehead atoms. The lowest BCUT2D eigenvalue weighted by Crippen LogP contribution is -2.39. The minimum absolute atomic E-state index is 0.0487. The van der Waals surface area contributed by atoms with Crippen molar-refractivity contribution in [2.24, 2.45) is 22.5 Å². The fraction of sp³-hybridized carbons (Fsp3) is 0.889. The number of aliphatic hydroxyl groups is 1. The zero-order valence-corrected chi connectivity index (χ0v) is 8.45. The summed E-state index contributed by atoms with van der Waals surface area (Å²) in [6, 6.07) is -0.0913. The molecule has 5 nitrogen and oxygen atoms in total. The van der Waals surface area contributed by atoms with E-state index in [2.05, 4.69) is 10.4 Å². The Morgan fingerprint density at radius 1 is 1.43 bits per heavy atom. The largest absolute Gasteiger partial charge is 0.394 e. The average molecular weight is 200 g/mol. The predicted molar refractivity (Wildman–Crippen MR) is 56.4 cm³/mol. The first kappa shape index (κ1) is 11.3. The summed E-state index contributed by atoms with van der Waals surface area (Å²) in [6.07, 6.45) is 6.02. The molecule has 0 spiro atoms. The molecule has 1 saturated carbocycles. The molecule has 1 rings (SSSR count). The first-order valence-electron chi connectivity index (χ1n) is 5.18. The number of hydrazine groups is 1. The molecule has 0 aliphatic heterocycles. The van der Waals surface area contributed by atoms with Gasteiger partial charge in [0.05, 0.1) is 12.6 Å². The molecule has 0 aromatic heterocycles. The minimum atomic E-state index is -0.0913. The van der Waals surface area contributed by atoms with Crippen molar-refractivity contribution in [1.29, 1.82) is 0 Å². The van der Waals surface area contributed by atoms with E-state index in [1.54, 1.807) is 0 Å². The molecule has 6 N–H and O–H groups in total. The first-order chi connectivity index (χ1) is 6.77. The summed E-state index contributed by atoms with van der Waals surface area (Å²) < 4.78 is 0. The molecule has 1 atom stereocenters. The normalized spacial score (nSPS) is 22.0. The number of nitrogens with zero attached hydrogens (tertiary/aromatic N) is 1. The molecule has 14 heavy (non-hydrogen) atoms. The van der Waals surface area contributed by atoms with E-state index in [1.165, 1.54) is 19.3 Å². The average Bonchev–Trinajstić information content (AvgIpc) is 2.26. The van der Waals surface area contributed by atoms with Crippen LogP contribution in [-0.2, 0) is 0 Å². The molecule has 0 aromatic carbocycles. The zero-order valence-electron chi connectivity index (χ0n) is 8.45. The van der Waals surface area contributed by atoms with Gasteiger partial charge in [0.2, 0.25) is 5.96 Å². The van der Waals surface area contributed by atoms with Gasteiger partial charge in [0.15, 0.2) is 0 Å². The molecule has 0 heterocycles. The van der Waals surface area contributed by atoms with Crippen LogP contribution >= 0.6 is 0 Å². The van der Waals surface area contributed by atoms with Gasteiger partial charge in [0.1, 0.15) is 0 Å². The standard InChI is InChI=1S/C9H20N4O/c10-9(13-11)12-8(6-14)7-4-2-1-3-5-7/h7-8,14H,1-6,11H2,(H3,10,12,13). The Bertz CT molecular complexity index is 189. The summed E-state index contributed by atoms with van der Waals surface area (Å²) in [5.74, 6) is 5.78. The van der Waals surface area contributed by atoms with E-state index < -0.39 is 0 Å². The van der Waals surface area contributed by atoms with Crippen molar-refractivity contribution in [3.05, 3.63) is 0 Å². The number of hydrogen-bond donors (Lipinski definition) is 4. The summed E-state index contributed by atoms with van der Waals surface area (Å²) in [7, 11) is 0. The lowest BCUT2D eigenvalue weighted by molar-refractivity contribution is 0.199. The minimum Gasteiger partial charge on any atom is -0.394 e. The fourth-order valence-electron chi connectivity index (χ4n) is 2.03. The lowest BCUT2D eigenvalue weighted by Gasteiger charge is -2.26. The van der Waals surface area contributed by atoms with Crippen LogP contribution in [0.1, 0.15) is 32.1 Å². The molecule has 1 aliphatic rings. The van der Waals surface area contributed by atoms with Crippen LogP contribution in [-0.4, -0.2) is 23.7 Å². The van der Waals surface area contributed by atoms with E-state index in [0.717, 1.165) is 12.8 Å². The van der Waals surface area contributed by atoms with Gasteiger partial charge in [-0.05, 0) is 18.8 Å². The number of aliphatic imine (C=N–C) groups is 1. The van der Waals surface area contributed by atoms with Crippen molar-refractivity contribution in [3.8, 4) is 0 Å². The van der Waals surface area contributed by atoms with Crippen LogP contribution in [0.5, 0.6) is 0 Å². The van der Waals surface area contributed by atoms with Crippen LogP contribution in [0, 0.1) is 5.92 Å². The highest BCUT2D eigenvalue weighted by Gasteiger charge is 2.22. The third-order valence-corrected chi connectivity index (χ3v) is 2.83. The molecular weight excluding hydrogens is 180 g/mol. The maximum Gasteiger partial charge on any atom is 0.203 e. The van der Waals surface area contributed by atoms with E-state index in [9.17, 15) is 5.11 Å². The highest BCUT2D eigenvalue weighted by Crippen LogP contribution is 2.27. The van der Waals surface area contributed by atoms with Gasteiger partial charge in [-0.1, -0.05) is 19.3 Å². The summed E-state index contributed by atoms with van der Waals surface area (Å²) in [6.45, 7) is 0.0487. The van der Waals surface area contributed by atoms with Gasteiger partial charge < -0.3 is 10.8 Å². The topological polar surface area (TPSA) is 96.7 Å². The number of aliphatic hydroxyl groups excluding tert-OH is 1. The lowest BCUT2D eigenvalue weighted by atomic mass is 9.84. The highest BCUT2D eigenvalue weighted by atomic mass is 16.3. The van der Waals surface area contributed by atoms with Gasteiger partial charge in [-0.25, -0.2) is 10.8 Å². The summed E-state index contributed by atoms with van der Waals surface area (Å²) in [5.41, 5.74) is 7.74. The first-order valence-corrected chi connectivity index (χ1v) is 5.18. The second kappa shape index (κ2) is 5.82. The van der Waals surface area contributed by atoms with E-state index in [0.29, 0.717) is 5.92 Å². The predicted octanol–water partition coefficient (Wildman–Crippen LogP) is -0.294. The molecule has 82 valence electrons. The number of rotatable bonds is 3. The van der Waals surface area contributed by atoms with Crippen LogP contribution in [0.2, 0.25) is 0 Å². The SMILES string of the molecule is NNC(N)=NC(CO)C1CCCCC1. The maximum atomic E-state index is 9.19. The molecule has 0 aromatic rings. The van der Waals surface area contributed by atoms with Crippen molar-refractivity contribution in [3.63, 3.8) is 0 Å². The Labute approximate surface area is 84.5 Å². The van der Waals surface area contributed by atoms with E-state index >= 15 is 0 Å². The Hall–Kier alpha value is -0.810. The molecule has 0 amide bonds. The molecule has 0 saturated heterocycles. The van der Waals surface area contributed by atoms with Crippen molar-refractivity contribution in [2.75, 3.05) is 6.61 Å². The third kappa shape index (κ3) is 3.16. The smallest absolute Gasteiger partial charge is 0.203 e. The Morgan fingerprint density at radius 3 is 2.57 bits per heavy atom. The van der Waals surface area contributed by atoms with Gasteiger partial charge in [-0.2, -0.15) is 0 Å². The zero-order chi connectivity index (χ0) is 10.4. The second-order valence-corrected chi connectivity index (χ2v) is 3.81. The van der Waals surface area contributed by atoms with Crippen molar-refractivity contribution in [2.45, 2.75) is 38.1 Å². The molecular formula is C9H20N4O. The number of nitrogens with two attached hydrogens (primary N) is 2. The van der Waals surface area contributed by atoms with Gasteiger partial charge in [0.25, 0.3) is 0 Å². The quantitative estimate of drug-likeness (QED) is 0.218. The monoisotopic (exact) mass is 200 g/mol. The maximum absolute atomic E-state index is 9.19. The van der Waals surface area contributed by atoms with Crippen molar-refractivity contribution >= 4 is 5.96 Å². The Kier molecular flexibility index (Phi) is 4.69.